The van der Waals surface area contributed by atoms with Gasteiger partial charge in [-0.2, -0.15) is 0 Å². The molecular formula is C42H70N2O4S. The van der Waals surface area contributed by atoms with Gasteiger partial charge in [0.05, 0.1) is 17.9 Å². The first-order chi connectivity index (χ1) is 22.7. The fraction of sp³-hybridized carbons (Fsp3) is 0.881. The van der Waals surface area contributed by atoms with E-state index in [1.165, 1.54) is 56.9 Å². The molecule has 9 atom stereocenters. The van der Waals surface area contributed by atoms with Crippen LogP contribution in [0.15, 0.2) is 23.8 Å². The Balaban J connectivity index is 1.22. The molecule has 5 fully saturated rings. The number of hydrogen-bond donors (Lipinski definition) is 2. The van der Waals surface area contributed by atoms with Gasteiger partial charge < -0.3 is 15.3 Å². The summed E-state index contributed by atoms with van der Waals surface area (Å²) in [5.41, 5.74) is 3.94. The van der Waals surface area contributed by atoms with Gasteiger partial charge in [0.2, 0.25) is 0 Å². The number of nitrogens with zero attached hydrogens (tertiary/aromatic N) is 1. The summed E-state index contributed by atoms with van der Waals surface area (Å²) in [6, 6.07) is 0. The Labute approximate surface area is 299 Å². The maximum atomic E-state index is 12.0. The highest BCUT2D eigenvalue weighted by molar-refractivity contribution is 7.91. The van der Waals surface area contributed by atoms with E-state index < -0.39 is 15.8 Å². The zero-order valence-electron chi connectivity index (χ0n) is 32.4. The molecule has 0 aromatic heterocycles. The largest absolute Gasteiger partial charge is 0.481 e. The van der Waals surface area contributed by atoms with Crippen molar-refractivity contribution in [2.75, 3.05) is 37.7 Å². The maximum absolute atomic E-state index is 12.0. The summed E-state index contributed by atoms with van der Waals surface area (Å²) >= 11 is 0. The number of sulfone groups is 1. The van der Waals surface area contributed by atoms with Crippen molar-refractivity contribution < 1.29 is 18.3 Å². The molecule has 1 unspecified atom stereocenters. The average Bonchev–Trinajstić information content (AvgIpc) is 3.37. The third-order valence-corrected chi connectivity index (χ3v) is 18.5. The van der Waals surface area contributed by atoms with Crippen molar-refractivity contribution in [3.63, 3.8) is 0 Å². The molecule has 1 aliphatic heterocycles. The molecule has 0 spiro atoms. The molecule has 6 aliphatic rings. The number of carboxylic acids is 1. The van der Waals surface area contributed by atoms with Crippen LogP contribution in [0, 0.1) is 56.7 Å². The quantitative estimate of drug-likeness (QED) is 0.223. The van der Waals surface area contributed by atoms with Crippen LogP contribution < -0.4 is 5.32 Å². The normalized spacial score (nSPS) is 43.0. The molecule has 4 saturated carbocycles. The second-order valence-electron chi connectivity index (χ2n) is 20.2. The van der Waals surface area contributed by atoms with E-state index >= 15 is 0 Å². The summed E-state index contributed by atoms with van der Waals surface area (Å²) < 4.78 is 24.0. The molecule has 0 aromatic rings. The van der Waals surface area contributed by atoms with Gasteiger partial charge in [-0.25, -0.2) is 8.42 Å². The summed E-state index contributed by atoms with van der Waals surface area (Å²) in [5.74, 6) is 3.18. The Morgan fingerprint density at radius 2 is 1.67 bits per heavy atom. The molecule has 278 valence electrons. The lowest BCUT2D eigenvalue weighted by molar-refractivity contribution is -0.221. The van der Waals surface area contributed by atoms with Crippen molar-refractivity contribution in [1.82, 2.24) is 10.2 Å². The third-order valence-electron chi connectivity index (χ3n) is 16.9. The summed E-state index contributed by atoms with van der Waals surface area (Å²) in [4.78, 5) is 13.9. The lowest BCUT2D eigenvalue weighted by Crippen LogP contribution is -2.68. The summed E-state index contributed by atoms with van der Waals surface area (Å²) in [6.45, 7) is 27.5. The highest BCUT2D eigenvalue weighted by atomic mass is 32.2. The van der Waals surface area contributed by atoms with Crippen LogP contribution >= 0.6 is 0 Å². The lowest BCUT2D eigenvalue weighted by atomic mass is 9.33. The molecule has 0 amide bonds. The van der Waals surface area contributed by atoms with Crippen LogP contribution in [0.5, 0.6) is 0 Å². The Hall–Kier alpha value is -1.18. The van der Waals surface area contributed by atoms with Gasteiger partial charge in [0.15, 0.2) is 9.84 Å². The van der Waals surface area contributed by atoms with Crippen LogP contribution in [0.3, 0.4) is 0 Å². The van der Waals surface area contributed by atoms with Gasteiger partial charge in [0.25, 0.3) is 0 Å². The minimum atomic E-state index is -2.86. The predicted octanol–water partition coefficient (Wildman–Crippen LogP) is 8.53. The average molecular weight is 699 g/mol. The van der Waals surface area contributed by atoms with Crippen molar-refractivity contribution in [3.05, 3.63) is 23.8 Å². The smallest absolute Gasteiger partial charge is 0.303 e. The number of carboxylic acid groups (broad SMARTS) is 1. The van der Waals surface area contributed by atoms with Gasteiger partial charge in [0, 0.05) is 31.7 Å². The number of aliphatic carboxylic acids is 1. The molecule has 7 heteroatoms. The fourth-order valence-corrected chi connectivity index (χ4v) is 15.2. The van der Waals surface area contributed by atoms with E-state index in [2.05, 4.69) is 78.3 Å². The Bertz CT molecular complexity index is 1440. The fourth-order valence-electron chi connectivity index (χ4n) is 13.9. The van der Waals surface area contributed by atoms with E-state index in [-0.39, 0.29) is 28.2 Å². The second-order valence-corrected chi connectivity index (χ2v) is 22.5. The minimum absolute atomic E-state index is 0.131. The standard InChI is InChI=1S/C42H70N2O4S/c1-29(2)31-14-19-42(43-22-23-44-24-26-49(47,48)27-25-44)21-20-40(8)32(36(31)42)10-11-34-39(7)17-13-30(12-16-37(3,4)28-35(45)46)38(5,6)33(39)15-18-41(34,40)9/h13,31-34,36,43H,1,10-12,14-28H2,2-9H3,(H,45,46)/t31?,32-,33+,34-,36-,39+,40-,41-,42+/m1/s1. The Kier molecular flexibility index (Phi) is 9.77. The monoisotopic (exact) mass is 699 g/mol. The van der Waals surface area contributed by atoms with Crippen molar-refractivity contribution >= 4 is 15.8 Å². The molecule has 0 radical (unpaired) electrons. The van der Waals surface area contributed by atoms with Crippen LogP contribution in [0.1, 0.15) is 132 Å². The number of nitrogens with one attached hydrogen (secondary N) is 1. The van der Waals surface area contributed by atoms with E-state index in [0.717, 1.165) is 32.4 Å². The second kappa shape index (κ2) is 12.7. The molecule has 49 heavy (non-hydrogen) atoms. The van der Waals surface area contributed by atoms with Gasteiger partial charge in [-0.05, 0) is 134 Å². The van der Waals surface area contributed by atoms with E-state index in [0.29, 0.717) is 65.0 Å². The van der Waals surface area contributed by atoms with Crippen molar-refractivity contribution in [1.29, 1.82) is 0 Å². The number of hydrogen-bond acceptors (Lipinski definition) is 5. The van der Waals surface area contributed by atoms with Gasteiger partial charge in [-0.15, -0.1) is 0 Å². The van der Waals surface area contributed by atoms with Crippen LogP contribution in [0.4, 0.5) is 0 Å². The maximum Gasteiger partial charge on any atom is 0.303 e. The van der Waals surface area contributed by atoms with Gasteiger partial charge in [0.1, 0.15) is 0 Å². The zero-order chi connectivity index (χ0) is 35.8. The van der Waals surface area contributed by atoms with Gasteiger partial charge in [-0.3, -0.25) is 4.79 Å². The molecule has 1 saturated heterocycles. The summed E-state index contributed by atoms with van der Waals surface area (Å²) in [5, 5.41) is 13.7. The van der Waals surface area contributed by atoms with Gasteiger partial charge >= 0.3 is 5.97 Å². The van der Waals surface area contributed by atoms with E-state index in [1.54, 1.807) is 5.57 Å². The van der Waals surface area contributed by atoms with E-state index in [4.69, 9.17) is 0 Å². The molecule has 0 aromatic carbocycles. The highest BCUT2D eigenvalue weighted by Crippen LogP contribution is 2.76. The number of allylic oxidation sites excluding steroid dienone is 3. The van der Waals surface area contributed by atoms with Gasteiger partial charge in [-0.1, -0.05) is 72.3 Å². The van der Waals surface area contributed by atoms with E-state index in [1.807, 2.05) is 0 Å². The third kappa shape index (κ3) is 6.34. The first-order valence-electron chi connectivity index (χ1n) is 19.9. The van der Waals surface area contributed by atoms with Crippen LogP contribution in [-0.2, 0) is 14.6 Å². The van der Waals surface area contributed by atoms with Crippen LogP contribution in [0.2, 0.25) is 0 Å². The molecular weight excluding hydrogens is 629 g/mol. The first-order valence-corrected chi connectivity index (χ1v) is 21.8. The molecule has 1 heterocycles. The number of carbonyl (C=O) groups is 1. The highest BCUT2D eigenvalue weighted by Gasteiger charge is 2.70. The van der Waals surface area contributed by atoms with Crippen LogP contribution in [0.25, 0.3) is 0 Å². The molecule has 6 rings (SSSR count). The van der Waals surface area contributed by atoms with E-state index in [9.17, 15) is 18.3 Å². The molecule has 0 bridgehead atoms. The summed E-state index contributed by atoms with van der Waals surface area (Å²) in [7, 11) is -2.86. The number of rotatable bonds is 10. The lowest BCUT2D eigenvalue weighted by Gasteiger charge is -2.72. The Morgan fingerprint density at radius 1 is 0.980 bits per heavy atom. The SMILES string of the molecule is C=C(C)C1CC[C@]2(NCCN3CCS(=O)(=O)CC3)CC[C@]3(C)[C@H](CC[C@@H]4[C@@]5(C)CC=C(CCC(C)(C)CC(=O)O)C(C)(C)[C@@H]5CC[C@]43C)[C@@H]12. The molecule has 5 aliphatic carbocycles. The van der Waals surface area contributed by atoms with Crippen molar-refractivity contribution in [3.8, 4) is 0 Å². The predicted molar refractivity (Wildman–Crippen MR) is 201 cm³/mol. The topological polar surface area (TPSA) is 86.7 Å². The molecule has 2 N–H and O–H groups in total. The number of fused-ring (bicyclic) bond motifs is 7. The molecule has 6 nitrogen and oxygen atoms in total. The van der Waals surface area contributed by atoms with Crippen molar-refractivity contribution in [2.45, 2.75) is 138 Å². The Morgan fingerprint density at radius 3 is 2.33 bits per heavy atom. The van der Waals surface area contributed by atoms with Crippen molar-refractivity contribution in [2.24, 2.45) is 56.7 Å². The van der Waals surface area contributed by atoms with Crippen LogP contribution in [-0.4, -0.2) is 67.6 Å². The first kappa shape index (κ1) is 37.6. The summed E-state index contributed by atoms with van der Waals surface area (Å²) in [6.07, 6.45) is 16.2. The zero-order valence-corrected chi connectivity index (χ0v) is 33.2. The minimum Gasteiger partial charge on any atom is -0.481 e.